The summed E-state index contributed by atoms with van der Waals surface area (Å²) in [6.45, 7) is 1.58. The number of carbonyl (C=O) groups excluding carboxylic acids is 1. The van der Waals surface area contributed by atoms with Gasteiger partial charge in [0.05, 0.1) is 16.7 Å². The predicted molar refractivity (Wildman–Crippen MR) is 111 cm³/mol. The lowest BCUT2D eigenvalue weighted by molar-refractivity contribution is -0.137. The monoisotopic (exact) mass is 476 g/mol. The van der Waals surface area contributed by atoms with Crippen molar-refractivity contribution >= 4 is 21.4 Å². The third kappa shape index (κ3) is 5.64. The molecule has 0 fully saturated rings. The highest BCUT2D eigenvalue weighted by molar-refractivity contribution is 7.90. The fraction of sp³-hybridized carbons (Fsp3) is 0.143. The maximum atomic E-state index is 13.2. The van der Waals surface area contributed by atoms with Crippen LogP contribution in [0.2, 0.25) is 0 Å². The number of hydrogen-bond donors (Lipinski definition) is 1. The van der Waals surface area contributed by atoms with Crippen molar-refractivity contribution in [1.29, 1.82) is 5.26 Å². The molecule has 0 saturated heterocycles. The number of rotatable bonds is 5. The quantitative estimate of drug-likeness (QED) is 0.588. The average Bonchev–Trinajstić information content (AvgIpc) is 2.74. The van der Waals surface area contributed by atoms with Gasteiger partial charge in [-0.05, 0) is 42.8 Å². The van der Waals surface area contributed by atoms with E-state index in [0.29, 0.717) is 17.8 Å². The summed E-state index contributed by atoms with van der Waals surface area (Å²) in [5.74, 6) is -1.36. The summed E-state index contributed by atoms with van der Waals surface area (Å²) < 4.78 is 68.7. The van der Waals surface area contributed by atoms with E-state index in [1.54, 1.807) is 6.92 Å². The van der Waals surface area contributed by atoms with Crippen molar-refractivity contribution < 1.29 is 31.1 Å². The number of carbonyl (C=O) groups is 1. The second-order valence-electron chi connectivity index (χ2n) is 6.88. The third-order valence-corrected chi connectivity index (χ3v) is 5.44. The van der Waals surface area contributed by atoms with Crippen LogP contribution in [-0.2, 0) is 16.0 Å². The SMILES string of the molecule is Cc1cc(C#N)ncc1Oc1ncc(C(F)(F)F)cc1C(=O)Nc1cccc(S(C)(=O)=O)c1. The van der Waals surface area contributed by atoms with Gasteiger partial charge in [-0.25, -0.2) is 18.4 Å². The van der Waals surface area contributed by atoms with Crippen LogP contribution in [0.25, 0.3) is 0 Å². The molecule has 1 aromatic carbocycles. The molecule has 0 aliphatic rings. The minimum Gasteiger partial charge on any atom is -0.436 e. The minimum absolute atomic E-state index is 0.0440. The average molecular weight is 476 g/mol. The topological polar surface area (TPSA) is 122 Å². The molecule has 170 valence electrons. The number of aryl methyl sites for hydroxylation is 1. The Morgan fingerprint density at radius 1 is 1.15 bits per heavy atom. The normalized spacial score (nSPS) is 11.5. The molecule has 1 N–H and O–H groups in total. The van der Waals surface area contributed by atoms with Gasteiger partial charge in [0.15, 0.2) is 15.6 Å². The van der Waals surface area contributed by atoms with Gasteiger partial charge in [0.25, 0.3) is 5.91 Å². The lowest BCUT2D eigenvalue weighted by Gasteiger charge is -2.14. The fourth-order valence-electron chi connectivity index (χ4n) is 2.67. The Bertz CT molecular complexity index is 1380. The molecule has 0 spiro atoms. The first-order valence-corrected chi connectivity index (χ1v) is 11.0. The highest BCUT2D eigenvalue weighted by Gasteiger charge is 2.33. The van der Waals surface area contributed by atoms with E-state index in [0.717, 1.165) is 6.26 Å². The van der Waals surface area contributed by atoms with E-state index in [2.05, 4.69) is 15.3 Å². The number of ether oxygens (including phenoxy) is 1. The molecule has 2 aromatic heterocycles. The van der Waals surface area contributed by atoms with Crippen molar-refractivity contribution in [2.75, 3.05) is 11.6 Å². The van der Waals surface area contributed by atoms with Crippen LogP contribution in [0, 0.1) is 18.3 Å². The number of nitriles is 1. The van der Waals surface area contributed by atoms with Crippen molar-refractivity contribution in [1.82, 2.24) is 9.97 Å². The number of anilines is 1. The van der Waals surface area contributed by atoms with E-state index >= 15 is 0 Å². The first-order chi connectivity index (χ1) is 15.4. The lowest BCUT2D eigenvalue weighted by atomic mass is 10.1. The van der Waals surface area contributed by atoms with Gasteiger partial charge in [0, 0.05) is 18.1 Å². The molecule has 0 atom stereocenters. The van der Waals surface area contributed by atoms with Crippen LogP contribution < -0.4 is 10.1 Å². The molecule has 8 nitrogen and oxygen atoms in total. The predicted octanol–water partition coefficient (Wildman–Crippen LogP) is 4.12. The van der Waals surface area contributed by atoms with Crippen LogP contribution in [0.5, 0.6) is 11.6 Å². The van der Waals surface area contributed by atoms with Gasteiger partial charge in [-0.2, -0.15) is 18.4 Å². The summed E-state index contributed by atoms with van der Waals surface area (Å²) in [5, 5.41) is 11.3. The molecule has 0 aliphatic carbocycles. The first kappa shape index (κ1) is 23.7. The third-order valence-electron chi connectivity index (χ3n) is 4.33. The molecule has 0 aliphatic heterocycles. The van der Waals surface area contributed by atoms with Gasteiger partial charge in [-0.1, -0.05) is 6.07 Å². The second kappa shape index (κ2) is 8.87. The number of benzene rings is 1. The lowest BCUT2D eigenvalue weighted by Crippen LogP contribution is -2.16. The number of aromatic nitrogens is 2. The van der Waals surface area contributed by atoms with E-state index in [1.807, 2.05) is 6.07 Å². The van der Waals surface area contributed by atoms with Crippen molar-refractivity contribution in [2.45, 2.75) is 18.0 Å². The minimum atomic E-state index is -4.78. The van der Waals surface area contributed by atoms with E-state index in [4.69, 9.17) is 10.00 Å². The molecule has 0 radical (unpaired) electrons. The van der Waals surface area contributed by atoms with Gasteiger partial charge < -0.3 is 10.1 Å². The Hall–Kier alpha value is -3.98. The Labute approximate surface area is 186 Å². The summed E-state index contributed by atoms with van der Waals surface area (Å²) in [5.41, 5.74) is -1.14. The molecule has 3 rings (SSSR count). The molecule has 0 unspecified atom stereocenters. The second-order valence-corrected chi connectivity index (χ2v) is 8.89. The smallest absolute Gasteiger partial charge is 0.417 e. The Kier molecular flexibility index (Phi) is 6.37. The first-order valence-electron chi connectivity index (χ1n) is 9.12. The standard InChI is InChI=1S/C21H15F3N4O4S/c1-12-6-15(9-25)26-11-18(12)32-20-17(7-13(10-27-20)21(22,23)24)19(29)28-14-4-3-5-16(8-14)33(2,30)31/h3-8,10-11H,1-2H3,(H,28,29). The maximum Gasteiger partial charge on any atom is 0.417 e. The molecule has 2 heterocycles. The number of nitrogens with zero attached hydrogens (tertiary/aromatic N) is 3. The maximum absolute atomic E-state index is 13.2. The Morgan fingerprint density at radius 2 is 1.88 bits per heavy atom. The highest BCUT2D eigenvalue weighted by atomic mass is 32.2. The van der Waals surface area contributed by atoms with Crippen LogP contribution in [0.3, 0.4) is 0 Å². The number of pyridine rings is 2. The van der Waals surface area contributed by atoms with Gasteiger partial charge >= 0.3 is 6.18 Å². The van der Waals surface area contributed by atoms with Crippen LogP contribution in [-0.4, -0.2) is 30.5 Å². The number of alkyl halides is 3. The van der Waals surface area contributed by atoms with Crippen molar-refractivity contribution in [2.24, 2.45) is 0 Å². The van der Waals surface area contributed by atoms with E-state index in [1.165, 1.54) is 36.5 Å². The summed E-state index contributed by atoms with van der Waals surface area (Å²) in [6.07, 6.45) is -2.10. The number of sulfone groups is 1. The number of halogens is 3. The zero-order chi connectivity index (χ0) is 24.4. The summed E-state index contributed by atoms with van der Waals surface area (Å²) in [7, 11) is -3.58. The van der Waals surface area contributed by atoms with Crippen molar-refractivity contribution in [3.63, 3.8) is 0 Å². The van der Waals surface area contributed by atoms with Gasteiger partial charge in [0.2, 0.25) is 5.88 Å². The fourth-order valence-corrected chi connectivity index (χ4v) is 3.34. The van der Waals surface area contributed by atoms with E-state index < -0.39 is 38.9 Å². The van der Waals surface area contributed by atoms with Crippen LogP contribution in [0.15, 0.2) is 53.7 Å². The van der Waals surface area contributed by atoms with Crippen molar-refractivity contribution in [3.8, 4) is 17.7 Å². The molecular formula is C21H15F3N4O4S. The molecular weight excluding hydrogens is 461 g/mol. The molecule has 0 bridgehead atoms. The van der Waals surface area contributed by atoms with Gasteiger partial charge in [-0.15, -0.1) is 0 Å². The molecule has 0 saturated carbocycles. The van der Waals surface area contributed by atoms with Gasteiger partial charge in [0.1, 0.15) is 17.3 Å². The summed E-state index contributed by atoms with van der Waals surface area (Å²) >= 11 is 0. The summed E-state index contributed by atoms with van der Waals surface area (Å²) in [4.78, 5) is 20.2. The van der Waals surface area contributed by atoms with Crippen LogP contribution in [0.1, 0.15) is 27.2 Å². The molecule has 12 heteroatoms. The number of hydrogen-bond acceptors (Lipinski definition) is 7. The molecule has 33 heavy (non-hydrogen) atoms. The van der Waals surface area contributed by atoms with Gasteiger partial charge in [-0.3, -0.25) is 4.79 Å². The highest BCUT2D eigenvalue weighted by Crippen LogP contribution is 2.33. The van der Waals surface area contributed by atoms with Crippen LogP contribution >= 0.6 is 0 Å². The zero-order valence-corrected chi connectivity index (χ0v) is 18.0. The van der Waals surface area contributed by atoms with E-state index in [-0.39, 0.29) is 22.0 Å². The van der Waals surface area contributed by atoms with Crippen molar-refractivity contribution in [3.05, 3.63) is 71.2 Å². The zero-order valence-electron chi connectivity index (χ0n) is 17.1. The Balaban J connectivity index is 2.01. The molecule has 1 amide bonds. The van der Waals surface area contributed by atoms with Crippen LogP contribution in [0.4, 0.5) is 18.9 Å². The Morgan fingerprint density at radius 3 is 2.48 bits per heavy atom. The largest absolute Gasteiger partial charge is 0.436 e. The number of amides is 1. The summed E-state index contributed by atoms with van der Waals surface area (Å²) in [6, 6.07) is 9.05. The van der Waals surface area contributed by atoms with E-state index in [9.17, 15) is 26.4 Å². The number of nitrogens with one attached hydrogen (secondary N) is 1. The molecule has 3 aromatic rings.